The van der Waals surface area contributed by atoms with Gasteiger partial charge in [-0.15, -0.1) is 0 Å². The maximum absolute atomic E-state index is 4.66. The highest BCUT2D eigenvalue weighted by Gasteiger charge is 2.22. The Kier molecular flexibility index (Phi) is 2.54. The van der Waals surface area contributed by atoms with Crippen molar-refractivity contribution in [2.24, 2.45) is 15.0 Å². The van der Waals surface area contributed by atoms with Crippen molar-refractivity contribution >= 4 is 21.0 Å². The van der Waals surface area contributed by atoms with E-state index in [1.165, 1.54) is 0 Å². The number of allylic oxidation sites excluding steroid dienone is 3. The van der Waals surface area contributed by atoms with Gasteiger partial charge >= 0.3 is 0 Å². The first-order valence-electron chi connectivity index (χ1n) is 4.22. The molecule has 0 saturated carbocycles. The molecule has 12 heavy (non-hydrogen) atoms. The predicted octanol–water partition coefficient (Wildman–Crippen LogP) is 3.41. The summed E-state index contributed by atoms with van der Waals surface area (Å²) < 4.78 is 6.94. The first-order chi connectivity index (χ1) is 5.88. The summed E-state index contributed by atoms with van der Waals surface area (Å²) in [6.07, 6.45) is 11.1. The molecule has 2 aliphatic rings. The number of rotatable bonds is 0. The fourth-order valence-electron chi connectivity index (χ4n) is 1.59. The third-order valence-electron chi connectivity index (χ3n) is 2.36. The summed E-state index contributed by atoms with van der Waals surface area (Å²) in [5, 5.41) is 0. The summed E-state index contributed by atoms with van der Waals surface area (Å²) in [6.45, 7) is 2.27. The molecule has 0 N–H and O–H groups in total. The van der Waals surface area contributed by atoms with Crippen LogP contribution in [0.1, 0.15) is 6.92 Å². The number of fused-ring (bicyclic) bond motifs is 1. The van der Waals surface area contributed by atoms with Crippen molar-refractivity contribution in [2.45, 2.75) is 13.0 Å². The summed E-state index contributed by atoms with van der Waals surface area (Å²) >= 11 is 0.00249. The van der Waals surface area contributed by atoms with Gasteiger partial charge in [0.15, 0.2) is 0 Å². The Hall–Kier alpha value is -0.250. The van der Waals surface area contributed by atoms with Crippen molar-refractivity contribution in [2.75, 3.05) is 0 Å². The number of nitrogens with zero attached hydrogens (tertiary/aromatic N) is 1. The van der Waals surface area contributed by atoms with E-state index in [4.69, 9.17) is 0 Å². The monoisotopic (exact) mass is 273 g/mol. The average Bonchev–Trinajstić information content (AvgIpc) is 2.29. The predicted molar refractivity (Wildman–Crippen MR) is 60.3 cm³/mol. The van der Waals surface area contributed by atoms with Gasteiger partial charge in [0, 0.05) is 27.0 Å². The van der Waals surface area contributed by atoms with Crippen LogP contribution >= 0.6 is 21.0 Å². The van der Waals surface area contributed by atoms with Crippen LogP contribution in [0.15, 0.2) is 37.6 Å². The molecule has 2 heteroatoms. The molecule has 2 unspecified atom stereocenters. The third-order valence-corrected chi connectivity index (χ3v) is 4.06. The molecule has 0 amide bonds. The number of hydrogen-bond acceptors (Lipinski definition) is 1. The van der Waals surface area contributed by atoms with Crippen molar-refractivity contribution in [3.8, 4) is 0 Å². The van der Waals surface area contributed by atoms with Crippen molar-refractivity contribution in [1.82, 2.24) is 0 Å². The van der Waals surface area contributed by atoms with Gasteiger partial charge < -0.3 is 0 Å². The molecular formula is C10H12IN. The van der Waals surface area contributed by atoms with E-state index >= 15 is 0 Å². The second-order valence-electron chi connectivity index (χ2n) is 3.21. The molecule has 0 aromatic rings. The summed E-state index contributed by atoms with van der Waals surface area (Å²) in [4.78, 5) is 0. The van der Waals surface area contributed by atoms with E-state index in [1.54, 1.807) is 0 Å². The van der Waals surface area contributed by atoms with Crippen LogP contribution in [0.3, 0.4) is 0 Å². The SMILES string of the molecule is C[C@@H]1C=CC=CC2N=IC=CC21. The normalized spacial score (nSPS) is 38.6. The molecule has 0 spiro atoms. The molecule has 0 fully saturated rings. The Labute approximate surface area is 83.4 Å². The van der Waals surface area contributed by atoms with Crippen LogP contribution in [0.25, 0.3) is 0 Å². The van der Waals surface area contributed by atoms with E-state index in [2.05, 4.69) is 44.5 Å². The van der Waals surface area contributed by atoms with Crippen LogP contribution < -0.4 is 0 Å². The average molecular weight is 273 g/mol. The van der Waals surface area contributed by atoms with Crippen molar-refractivity contribution in [1.29, 1.82) is 0 Å². The second-order valence-corrected chi connectivity index (χ2v) is 5.04. The molecule has 0 saturated heterocycles. The number of hydrogen-bond donors (Lipinski definition) is 0. The second kappa shape index (κ2) is 3.64. The zero-order valence-electron chi connectivity index (χ0n) is 7.02. The highest BCUT2D eigenvalue weighted by Crippen LogP contribution is 2.31. The Morgan fingerprint density at radius 3 is 2.92 bits per heavy atom. The van der Waals surface area contributed by atoms with E-state index in [0.717, 1.165) is 0 Å². The Balaban J connectivity index is 2.28. The lowest BCUT2D eigenvalue weighted by Crippen LogP contribution is -2.19. The highest BCUT2D eigenvalue weighted by molar-refractivity contribution is 14.2. The molecule has 1 heterocycles. The molecule has 0 bridgehead atoms. The van der Waals surface area contributed by atoms with Crippen molar-refractivity contribution in [3.63, 3.8) is 0 Å². The van der Waals surface area contributed by atoms with Gasteiger partial charge in [0.1, 0.15) is 0 Å². The van der Waals surface area contributed by atoms with Gasteiger partial charge in [0.25, 0.3) is 0 Å². The Bertz CT molecular complexity index is 276. The van der Waals surface area contributed by atoms with Gasteiger partial charge in [-0.2, -0.15) is 0 Å². The third kappa shape index (κ3) is 1.58. The molecular weight excluding hydrogens is 261 g/mol. The Morgan fingerprint density at radius 1 is 1.17 bits per heavy atom. The lowest BCUT2D eigenvalue weighted by molar-refractivity contribution is 0.475. The van der Waals surface area contributed by atoms with Crippen LogP contribution in [-0.2, 0) is 0 Å². The van der Waals surface area contributed by atoms with Crippen LogP contribution in [0.4, 0.5) is 0 Å². The van der Waals surface area contributed by atoms with Crippen LogP contribution in [0.5, 0.6) is 0 Å². The highest BCUT2D eigenvalue weighted by atomic mass is 127. The van der Waals surface area contributed by atoms with Gasteiger partial charge in [-0.05, 0) is 10.0 Å². The van der Waals surface area contributed by atoms with E-state index < -0.39 is 0 Å². The van der Waals surface area contributed by atoms with Gasteiger partial charge in [0.2, 0.25) is 0 Å². The maximum Gasteiger partial charge on any atom is 0.0809 e. The molecule has 1 aliphatic heterocycles. The van der Waals surface area contributed by atoms with Gasteiger partial charge in [0.05, 0.1) is 6.04 Å². The maximum atomic E-state index is 4.66. The van der Waals surface area contributed by atoms with E-state index in [0.29, 0.717) is 17.9 Å². The lowest BCUT2D eigenvalue weighted by Gasteiger charge is -2.22. The first-order valence-corrected chi connectivity index (χ1v) is 6.43. The van der Waals surface area contributed by atoms with Crippen LogP contribution in [-0.4, -0.2) is 6.04 Å². The van der Waals surface area contributed by atoms with Crippen molar-refractivity contribution in [3.05, 3.63) is 34.5 Å². The Morgan fingerprint density at radius 2 is 2.00 bits per heavy atom. The topological polar surface area (TPSA) is 12.4 Å². The molecule has 1 aliphatic carbocycles. The minimum Gasteiger partial charge on any atom is -0.251 e. The van der Waals surface area contributed by atoms with E-state index in [-0.39, 0.29) is 21.0 Å². The summed E-state index contributed by atoms with van der Waals surface area (Å²) in [6, 6.07) is 0.466. The van der Waals surface area contributed by atoms with E-state index in [1.807, 2.05) is 0 Å². The summed E-state index contributed by atoms with van der Waals surface area (Å²) in [5.41, 5.74) is 0. The summed E-state index contributed by atoms with van der Waals surface area (Å²) in [7, 11) is 0. The molecule has 2 rings (SSSR count). The minimum absolute atomic E-state index is 0.00249. The zero-order chi connectivity index (χ0) is 8.39. The molecule has 0 radical (unpaired) electrons. The zero-order valence-corrected chi connectivity index (χ0v) is 9.18. The van der Waals surface area contributed by atoms with E-state index in [9.17, 15) is 0 Å². The summed E-state index contributed by atoms with van der Waals surface area (Å²) in [5.74, 6) is 1.25. The largest absolute Gasteiger partial charge is 0.251 e. The standard InChI is InChI=1S/C10H12IN/c1-8-4-2-3-5-10-9(8)6-7-11-12-10/h2-10H,1H3/t8-,9?,10?/m1/s1. The smallest absolute Gasteiger partial charge is 0.0809 e. The van der Waals surface area contributed by atoms with Gasteiger partial charge in [-0.1, -0.05) is 37.3 Å². The quantitative estimate of drug-likeness (QED) is 0.600. The van der Waals surface area contributed by atoms with Gasteiger partial charge in [-0.25, -0.2) is 0 Å². The minimum atomic E-state index is 0.00249. The van der Waals surface area contributed by atoms with Crippen molar-refractivity contribution < 1.29 is 0 Å². The molecule has 0 aromatic carbocycles. The number of halogens is 1. The molecule has 64 valence electrons. The lowest BCUT2D eigenvalue weighted by atomic mass is 9.88. The van der Waals surface area contributed by atoms with Crippen LogP contribution in [0, 0.1) is 11.8 Å². The fourth-order valence-corrected chi connectivity index (χ4v) is 3.37. The molecule has 3 atom stereocenters. The molecule has 0 aromatic heterocycles. The van der Waals surface area contributed by atoms with Gasteiger partial charge in [-0.3, -0.25) is 3.15 Å². The fraction of sp³-hybridized carbons (Fsp3) is 0.400. The molecule has 1 nitrogen and oxygen atoms in total. The van der Waals surface area contributed by atoms with Crippen LogP contribution in [0.2, 0.25) is 0 Å². The first kappa shape index (κ1) is 8.35.